The van der Waals surface area contributed by atoms with Crippen molar-refractivity contribution >= 4 is 17.4 Å². The van der Waals surface area contributed by atoms with Crippen LogP contribution in [0.25, 0.3) is 0 Å². The van der Waals surface area contributed by atoms with Crippen molar-refractivity contribution in [1.29, 1.82) is 0 Å². The number of hydrogen-bond donors (Lipinski definition) is 0. The first-order valence-electron chi connectivity index (χ1n) is 5.73. The maximum atomic E-state index is 13.0. The van der Waals surface area contributed by atoms with Gasteiger partial charge in [-0.25, -0.2) is 13.8 Å². The van der Waals surface area contributed by atoms with E-state index in [-0.39, 0.29) is 13.0 Å². The third-order valence-corrected chi connectivity index (χ3v) is 2.61. The SMILES string of the molecule is CC.Cc1cc(Cl)nc(N2CCC(F)(F)C2)c1. The van der Waals surface area contributed by atoms with Gasteiger partial charge in [0, 0.05) is 13.0 Å². The highest BCUT2D eigenvalue weighted by Crippen LogP contribution is 2.30. The van der Waals surface area contributed by atoms with E-state index in [1.807, 2.05) is 20.8 Å². The van der Waals surface area contributed by atoms with Crippen molar-refractivity contribution in [2.75, 3.05) is 18.0 Å². The standard InChI is InChI=1S/C10H11ClF2N2.C2H6/c1-7-4-8(11)14-9(5-7)15-3-2-10(12,13)6-15;1-2/h4-5H,2-3,6H2,1H3;1-2H3. The number of nitrogens with zero attached hydrogens (tertiary/aromatic N) is 2. The third-order valence-electron chi connectivity index (χ3n) is 2.42. The summed E-state index contributed by atoms with van der Waals surface area (Å²) in [5.74, 6) is -2.06. The van der Waals surface area contributed by atoms with E-state index in [9.17, 15) is 8.78 Å². The molecule has 0 N–H and O–H groups in total. The minimum atomic E-state index is -2.60. The fraction of sp³-hybridized carbons (Fsp3) is 0.583. The van der Waals surface area contributed by atoms with Crippen molar-refractivity contribution in [3.63, 3.8) is 0 Å². The number of rotatable bonds is 1. The van der Waals surface area contributed by atoms with Crippen molar-refractivity contribution in [2.24, 2.45) is 0 Å². The van der Waals surface area contributed by atoms with E-state index in [1.165, 1.54) is 0 Å². The molecule has 0 radical (unpaired) electrons. The zero-order chi connectivity index (χ0) is 13.1. The van der Waals surface area contributed by atoms with Crippen LogP contribution in [0.1, 0.15) is 25.8 Å². The Morgan fingerprint density at radius 2 is 2.00 bits per heavy atom. The Labute approximate surface area is 106 Å². The van der Waals surface area contributed by atoms with Gasteiger partial charge in [0.25, 0.3) is 5.92 Å². The lowest BCUT2D eigenvalue weighted by Gasteiger charge is -2.17. The molecule has 17 heavy (non-hydrogen) atoms. The van der Waals surface area contributed by atoms with Crippen LogP contribution in [-0.2, 0) is 0 Å². The van der Waals surface area contributed by atoms with E-state index in [0.29, 0.717) is 17.5 Å². The highest BCUT2D eigenvalue weighted by molar-refractivity contribution is 6.29. The van der Waals surface area contributed by atoms with E-state index in [1.54, 1.807) is 17.0 Å². The molecule has 1 aliphatic heterocycles. The highest BCUT2D eigenvalue weighted by Gasteiger charge is 2.38. The van der Waals surface area contributed by atoms with Gasteiger partial charge in [0.2, 0.25) is 0 Å². The van der Waals surface area contributed by atoms with Crippen LogP contribution >= 0.6 is 11.6 Å². The van der Waals surface area contributed by atoms with Gasteiger partial charge in [-0.1, -0.05) is 25.4 Å². The molecule has 1 aliphatic rings. The van der Waals surface area contributed by atoms with Crippen molar-refractivity contribution in [3.05, 3.63) is 22.8 Å². The van der Waals surface area contributed by atoms with Crippen molar-refractivity contribution in [2.45, 2.75) is 33.1 Å². The number of halogens is 3. The molecule has 96 valence electrons. The van der Waals surface area contributed by atoms with E-state index in [0.717, 1.165) is 5.56 Å². The number of alkyl halides is 2. The molecule has 0 bridgehead atoms. The quantitative estimate of drug-likeness (QED) is 0.713. The second kappa shape index (κ2) is 5.63. The molecule has 2 heterocycles. The second-order valence-electron chi connectivity index (χ2n) is 3.85. The number of aryl methyl sites for hydroxylation is 1. The molecule has 1 saturated heterocycles. The topological polar surface area (TPSA) is 16.1 Å². The van der Waals surface area contributed by atoms with Gasteiger partial charge in [0.15, 0.2) is 0 Å². The predicted octanol–water partition coefficient (Wildman–Crippen LogP) is 3.92. The molecule has 5 heteroatoms. The molecule has 0 spiro atoms. The van der Waals surface area contributed by atoms with E-state index in [4.69, 9.17) is 11.6 Å². The number of anilines is 1. The first-order valence-corrected chi connectivity index (χ1v) is 6.11. The van der Waals surface area contributed by atoms with Gasteiger partial charge in [0.1, 0.15) is 11.0 Å². The normalized spacial score (nSPS) is 17.6. The summed E-state index contributed by atoms with van der Waals surface area (Å²) in [5, 5.41) is 0.347. The molecule has 1 aromatic rings. The average molecular weight is 263 g/mol. The Balaban J connectivity index is 0.000000686. The van der Waals surface area contributed by atoms with Crippen LogP contribution in [0.15, 0.2) is 12.1 Å². The second-order valence-corrected chi connectivity index (χ2v) is 4.24. The highest BCUT2D eigenvalue weighted by atomic mass is 35.5. The molecule has 0 amide bonds. The van der Waals surface area contributed by atoms with Gasteiger partial charge >= 0.3 is 0 Å². The minimum absolute atomic E-state index is 0.111. The van der Waals surface area contributed by atoms with Gasteiger partial charge in [-0.3, -0.25) is 0 Å². The van der Waals surface area contributed by atoms with Crippen LogP contribution in [0.3, 0.4) is 0 Å². The Kier molecular flexibility index (Phi) is 4.69. The van der Waals surface area contributed by atoms with E-state index in [2.05, 4.69) is 4.98 Å². The summed E-state index contributed by atoms with van der Waals surface area (Å²) in [7, 11) is 0. The third kappa shape index (κ3) is 3.80. The van der Waals surface area contributed by atoms with Crippen molar-refractivity contribution in [1.82, 2.24) is 4.98 Å². The lowest BCUT2D eigenvalue weighted by molar-refractivity contribution is 0.0256. The minimum Gasteiger partial charge on any atom is -0.350 e. The van der Waals surface area contributed by atoms with Crippen molar-refractivity contribution in [3.8, 4) is 0 Å². The lowest BCUT2D eigenvalue weighted by Crippen LogP contribution is -2.25. The smallest absolute Gasteiger partial charge is 0.266 e. The molecule has 2 rings (SSSR count). The first kappa shape index (κ1) is 14.2. The number of pyridine rings is 1. The van der Waals surface area contributed by atoms with Crippen LogP contribution in [0, 0.1) is 6.92 Å². The largest absolute Gasteiger partial charge is 0.350 e. The Morgan fingerprint density at radius 3 is 2.47 bits per heavy atom. The molecule has 1 fully saturated rings. The molecule has 2 nitrogen and oxygen atoms in total. The molecule has 1 aromatic heterocycles. The summed E-state index contributed by atoms with van der Waals surface area (Å²) in [6.45, 7) is 5.94. The zero-order valence-electron chi connectivity index (χ0n) is 10.3. The van der Waals surface area contributed by atoms with Gasteiger partial charge < -0.3 is 4.90 Å². The molecule has 0 unspecified atom stereocenters. The monoisotopic (exact) mass is 262 g/mol. The van der Waals surface area contributed by atoms with Gasteiger partial charge in [0.05, 0.1) is 6.54 Å². The van der Waals surface area contributed by atoms with Crippen LogP contribution in [-0.4, -0.2) is 24.0 Å². The van der Waals surface area contributed by atoms with Crippen LogP contribution in [0.4, 0.5) is 14.6 Å². The number of hydrogen-bond acceptors (Lipinski definition) is 2. The Hall–Kier alpha value is -0.900. The summed E-state index contributed by atoms with van der Waals surface area (Å²) in [5.41, 5.74) is 0.931. The first-order chi connectivity index (χ1) is 7.96. The fourth-order valence-corrected chi connectivity index (χ4v) is 1.96. The molecular weight excluding hydrogens is 246 g/mol. The van der Waals surface area contributed by atoms with Crippen LogP contribution < -0.4 is 4.90 Å². The van der Waals surface area contributed by atoms with Crippen molar-refractivity contribution < 1.29 is 8.78 Å². The van der Waals surface area contributed by atoms with Gasteiger partial charge in [-0.2, -0.15) is 0 Å². The molecule has 0 saturated carbocycles. The van der Waals surface area contributed by atoms with Crippen LogP contribution in [0.5, 0.6) is 0 Å². The van der Waals surface area contributed by atoms with Gasteiger partial charge in [-0.15, -0.1) is 0 Å². The zero-order valence-corrected chi connectivity index (χ0v) is 11.1. The maximum absolute atomic E-state index is 13.0. The number of aromatic nitrogens is 1. The van der Waals surface area contributed by atoms with Gasteiger partial charge in [-0.05, 0) is 24.6 Å². The summed E-state index contributed by atoms with van der Waals surface area (Å²) < 4.78 is 26.0. The molecule has 0 aliphatic carbocycles. The lowest BCUT2D eigenvalue weighted by atomic mass is 10.3. The predicted molar refractivity (Wildman–Crippen MR) is 67.1 cm³/mol. The summed E-state index contributed by atoms with van der Waals surface area (Å²) in [6, 6.07) is 3.48. The molecular formula is C12H17ClF2N2. The molecule has 0 atom stereocenters. The Morgan fingerprint density at radius 1 is 1.35 bits per heavy atom. The summed E-state index contributed by atoms with van der Waals surface area (Å²) in [6.07, 6.45) is -0.111. The maximum Gasteiger partial charge on any atom is 0.266 e. The fourth-order valence-electron chi connectivity index (χ4n) is 1.70. The van der Waals surface area contributed by atoms with Crippen LogP contribution in [0.2, 0.25) is 5.15 Å². The average Bonchev–Trinajstić information content (AvgIpc) is 2.60. The Bertz CT molecular complexity index is 363. The van der Waals surface area contributed by atoms with E-state index < -0.39 is 5.92 Å². The van der Waals surface area contributed by atoms with E-state index >= 15 is 0 Å². The summed E-state index contributed by atoms with van der Waals surface area (Å²) >= 11 is 5.77. The summed E-state index contributed by atoms with van der Waals surface area (Å²) in [4.78, 5) is 5.61. The molecule has 0 aromatic carbocycles.